The van der Waals surface area contributed by atoms with Crippen molar-refractivity contribution >= 4 is 154 Å². The monoisotopic (exact) mass is 817 g/mol. The van der Waals surface area contributed by atoms with E-state index in [0.29, 0.717) is 40.5 Å². The zero-order valence-electron chi connectivity index (χ0n) is 11.6. The van der Waals surface area contributed by atoms with Crippen LogP contribution in [0, 0.1) is 0 Å². The zero-order valence-corrected chi connectivity index (χ0v) is 25.0. The third-order valence-corrected chi connectivity index (χ3v) is 13.0. The fraction of sp³-hybridized carbons (Fsp3) is 0.143. The fourth-order valence-corrected chi connectivity index (χ4v) is 8.23. The summed E-state index contributed by atoms with van der Waals surface area (Å²) in [6.45, 7) is 0. The molecule has 0 atom stereocenters. The molecule has 0 radical (unpaired) electrons. The Morgan fingerprint density at radius 2 is 0.800 bits per heavy atom. The molecule has 0 amide bonds. The molecule has 0 saturated carbocycles. The van der Waals surface area contributed by atoms with E-state index in [4.69, 9.17) is 46.4 Å². The molecule has 0 aliphatic carbocycles. The van der Waals surface area contributed by atoms with Crippen LogP contribution in [0.4, 0.5) is 0 Å². The van der Waals surface area contributed by atoms with E-state index in [9.17, 15) is 0 Å². The fourth-order valence-electron chi connectivity index (χ4n) is 1.81. The van der Waals surface area contributed by atoms with Gasteiger partial charge in [-0.2, -0.15) is 11.8 Å². The first-order chi connectivity index (χ1) is 11.6. The molecule has 0 fully saturated rings. The SMILES string of the molecule is Clc1c(Br)c(Cl)c(CSCc2c(Cl)c(Br)c(Cl)c(Br)c2Br)c(Br)c1Br. The van der Waals surface area contributed by atoms with Crippen LogP contribution in [0.25, 0.3) is 0 Å². The van der Waals surface area contributed by atoms with Crippen LogP contribution < -0.4 is 0 Å². The minimum absolute atomic E-state index is 0.530. The number of hydrogen-bond donors (Lipinski definition) is 0. The van der Waals surface area contributed by atoms with Crippen LogP contribution in [0.1, 0.15) is 11.1 Å². The molecule has 0 spiro atoms. The first-order valence-corrected chi connectivity index (χ1v) is 13.6. The molecular weight excluding hydrogens is 821 g/mol. The highest BCUT2D eigenvalue weighted by Gasteiger charge is 2.20. The Bertz CT molecular complexity index is 731. The molecule has 2 aromatic rings. The smallest absolute Gasteiger partial charge is 0.0716 e. The lowest BCUT2D eigenvalue weighted by molar-refractivity contribution is 1.30. The van der Waals surface area contributed by atoms with Crippen LogP contribution in [0.15, 0.2) is 26.8 Å². The standard InChI is InChI=1S/C14H4Br6Cl4S/c15-5-3(11(21)9(19)13(23)7(5)17)1-25-2-4-6(16)8(18)14(24)10(20)12(4)22/h1-2H2. The van der Waals surface area contributed by atoms with Crippen LogP contribution in [-0.2, 0) is 11.5 Å². The van der Waals surface area contributed by atoms with Crippen molar-refractivity contribution in [1.29, 1.82) is 0 Å². The number of thioether (sulfide) groups is 1. The van der Waals surface area contributed by atoms with Gasteiger partial charge < -0.3 is 0 Å². The molecule has 2 rings (SSSR count). The third kappa shape index (κ3) is 5.12. The maximum absolute atomic E-state index is 6.43. The van der Waals surface area contributed by atoms with Crippen LogP contribution in [0.3, 0.4) is 0 Å². The maximum atomic E-state index is 6.43. The highest BCUT2D eigenvalue weighted by atomic mass is 79.9. The van der Waals surface area contributed by atoms with Gasteiger partial charge in [0.05, 0.1) is 38.0 Å². The second-order valence-corrected chi connectivity index (χ2v) is 11.8. The Hall–Kier alpha value is 2.83. The van der Waals surface area contributed by atoms with E-state index in [0.717, 1.165) is 29.0 Å². The molecule has 0 N–H and O–H groups in total. The van der Waals surface area contributed by atoms with Gasteiger partial charge in [-0.3, -0.25) is 0 Å². The Morgan fingerprint density at radius 1 is 0.480 bits per heavy atom. The van der Waals surface area contributed by atoms with Gasteiger partial charge in [0.25, 0.3) is 0 Å². The summed E-state index contributed by atoms with van der Waals surface area (Å²) in [5, 5.41) is 2.22. The van der Waals surface area contributed by atoms with E-state index < -0.39 is 0 Å². The molecular formula is C14H4Br6Cl4S. The average molecular weight is 825 g/mol. The quantitative estimate of drug-likeness (QED) is 0.219. The minimum atomic E-state index is 0.530. The minimum Gasteiger partial charge on any atom is -0.152 e. The highest BCUT2D eigenvalue weighted by Crippen LogP contribution is 2.48. The summed E-state index contributed by atoms with van der Waals surface area (Å²) in [7, 11) is 0. The van der Waals surface area contributed by atoms with Crippen LogP contribution >= 0.6 is 154 Å². The van der Waals surface area contributed by atoms with Gasteiger partial charge in [0.1, 0.15) is 0 Å². The molecule has 2 aromatic carbocycles. The lowest BCUT2D eigenvalue weighted by atomic mass is 10.2. The van der Waals surface area contributed by atoms with Gasteiger partial charge in [0.15, 0.2) is 0 Å². The second kappa shape index (κ2) is 10.2. The van der Waals surface area contributed by atoms with Gasteiger partial charge in [-0.05, 0) is 107 Å². The largest absolute Gasteiger partial charge is 0.152 e. The molecule has 0 aromatic heterocycles. The van der Waals surface area contributed by atoms with Crippen LogP contribution in [-0.4, -0.2) is 0 Å². The second-order valence-electron chi connectivity index (χ2n) is 4.59. The Labute approximate surface area is 220 Å². The predicted molar refractivity (Wildman–Crippen MR) is 134 cm³/mol. The van der Waals surface area contributed by atoms with Gasteiger partial charge in [0, 0.05) is 20.5 Å². The molecule has 0 aliphatic rings. The molecule has 0 nitrogen and oxygen atoms in total. The molecule has 0 bridgehead atoms. The average Bonchev–Trinajstić information content (AvgIpc) is 2.60. The van der Waals surface area contributed by atoms with Crippen molar-refractivity contribution in [2.45, 2.75) is 11.5 Å². The van der Waals surface area contributed by atoms with Crippen molar-refractivity contribution in [3.05, 3.63) is 58.1 Å². The molecule has 136 valence electrons. The topological polar surface area (TPSA) is 0 Å². The van der Waals surface area contributed by atoms with Crippen LogP contribution in [0.5, 0.6) is 0 Å². The molecule has 0 aliphatic heterocycles. The number of rotatable bonds is 4. The Kier molecular flexibility index (Phi) is 9.86. The molecule has 25 heavy (non-hydrogen) atoms. The van der Waals surface area contributed by atoms with E-state index >= 15 is 0 Å². The van der Waals surface area contributed by atoms with E-state index in [-0.39, 0.29) is 0 Å². The third-order valence-electron chi connectivity index (χ3n) is 3.09. The Balaban J connectivity index is 2.29. The summed E-state index contributed by atoms with van der Waals surface area (Å²) >= 11 is 47.8. The van der Waals surface area contributed by atoms with Crippen molar-refractivity contribution in [2.24, 2.45) is 0 Å². The van der Waals surface area contributed by atoms with E-state index in [1.165, 1.54) is 0 Å². The summed E-state index contributed by atoms with van der Waals surface area (Å²) in [5.41, 5.74) is 1.88. The van der Waals surface area contributed by atoms with Crippen molar-refractivity contribution < 1.29 is 0 Å². The molecule has 0 unspecified atom stereocenters. The lowest BCUT2D eigenvalue weighted by Gasteiger charge is -2.15. The molecule has 0 heterocycles. The first kappa shape index (κ1) is 24.1. The molecule has 0 saturated heterocycles. The molecule has 11 heteroatoms. The van der Waals surface area contributed by atoms with Crippen LogP contribution in [0.2, 0.25) is 20.1 Å². The summed E-state index contributed by atoms with van der Waals surface area (Å²) in [4.78, 5) is 0. The normalized spacial score (nSPS) is 11.3. The van der Waals surface area contributed by atoms with Crippen molar-refractivity contribution in [1.82, 2.24) is 0 Å². The summed E-state index contributed by atoms with van der Waals surface area (Å²) < 4.78 is 4.52. The number of hydrogen-bond acceptors (Lipinski definition) is 1. The van der Waals surface area contributed by atoms with Gasteiger partial charge in [-0.25, -0.2) is 0 Å². The Morgan fingerprint density at radius 3 is 1.12 bits per heavy atom. The van der Waals surface area contributed by atoms with Gasteiger partial charge in [0.2, 0.25) is 0 Å². The lowest BCUT2D eigenvalue weighted by Crippen LogP contribution is -1.93. The summed E-state index contributed by atoms with van der Waals surface area (Å²) in [6, 6.07) is 0. The van der Waals surface area contributed by atoms with E-state index in [2.05, 4.69) is 95.6 Å². The summed E-state index contributed by atoms with van der Waals surface area (Å²) in [6.07, 6.45) is 0. The number of halogens is 10. The maximum Gasteiger partial charge on any atom is 0.0716 e. The van der Waals surface area contributed by atoms with Crippen molar-refractivity contribution in [2.75, 3.05) is 0 Å². The number of benzene rings is 2. The highest BCUT2D eigenvalue weighted by molar-refractivity contribution is 9.13. The van der Waals surface area contributed by atoms with E-state index in [1.54, 1.807) is 11.8 Å². The van der Waals surface area contributed by atoms with Gasteiger partial charge in [-0.1, -0.05) is 46.4 Å². The predicted octanol–water partition coefficient (Wildman–Crippen LogP) is 11.3. The van der Waals surface area contributed by atoms with Crippen molar-refractivity contribution in [3.63, 3.8) is 0 Å². The zero-order chi connectivity index (χ0) is 19.0. The summed E-state index contributed by atoms with van der Waals surface area (Å²) in [5.74, 6) is 1.32. The van der Waals surface area contributed by atoms with Gasteiger partial charge in [-0.15, -0.1) is 0 Å². The van der Waals surface area contributed by atoms with Crippen molar-refractivity contribution in [3.8, 4) is 0 Å². The van der Waals surface area contributed by atoms with Gasteiger partial charge >= 0.3 is 0 Å². The first-order valence-electron chi connectivity index (χ1n) is 6.17. The van der Waals surface area contributed by atoms with E-state index in [1.807, 2.05) is 0 Å².